The Labute approximate surface area is 169 Å². The molecule has 0 aliphatic carbocycles. The van der Waals surface area contributed by atoms with Crippen LogP contribution in [0.4, 0.5) is 10.5 Å². The second-order valence-corrected chi connectivity index (χ2v) is 7.03. The first kappa shape index (κ1) is 19.0. The molecule has 1 aliphatic heterocycles. The molecule has 1 N–H and O–H groups in total. The highest BCUT2D eigenvalue weighted by Gasteiger charge is 2.22. The van der Waals surface area contributed by atoms with Crippen LogP contribution in [-0.4, -0.2) is 47.2 Å². The van der Waals surface area contributed by atoms with Crippen molar-refractivity contribution in [3.05, 3.63) is 72.1 Å². The van der Waals surface area contributed by atoms with Crippen LogP contribution in [0.1, 0.15) is 11.5 Å². The molecule has 1 saturated heterocycles. The number of rotatable bonds is 5. The average molecular weight is 392 g/mol. The minimum Gasteiger partial charge on any atom is -0.455 e. The van der Waals surface area contributed by atoms with Gasteiger partial charge in [0.05, 0.1) is 11.4 Å². The number of benzene rings is 2. The molecule has 0 bridgehead atoms. The Kier molecular flexibility index (Phi) is 5.76. The SMILES string of the molecule is Cc1cc(CN2CCN(C(=O)Nc3ccccc3Oc3ccccc3)CC2)no1. The van der Waals surface area contributed by atoms with E-state index in [9.17, 15) is 4.79 Å². The summed E-state index contributed by atoms with van der Waals surface area (Å²) in [6.07, 6.45) is 0. The summed E-state index contributed by atoms with van der Waals surface area (Å²) >= 11 is 0. The van der Waals surface area contributed by atoms with Gasteiger partial charge in [-0.2, -0.15) is 0 Å². The standard InChI is InChI=1S/C22H24N4O3/c1-17-15-18(24-29-17)16-25-11-13-26(14-12-25)22(27)23-20-9-5-6-10-21(20)28-19-7-3-2-4-8-19/h2-10,15H,11-14,16H2,1H3,(H,23,27). The largest absolute Gasteiger partial charge is 0.455 e. The van der Waals surface area contributed by atoms with Crippen molar-refractivity contribution in [1.29, 1.82) is 0 Å². The Morgan fingerprint density at radius 3 is 2.52 bits per heavy atom. The molecule has 3 aromatic rings. The average Bonchev–Trinajstić information content (AvgIpc) is 3.15. The summed E-state index contributed by atoms with van der Waals surface area (Å²) in [7, 11) is 0. The van der Waals surface area contributed by atoms with E-state index in [1.807, 2.05) is 72.5 Å². The molecule has 4 rings (SSSR count). The molecule has 2 heterocycles. The summed E-state index contributed by atoms with van der Waals surface area (Å²) in [6.45, 7) is 5.52. The van der Waals surface area contributed by atoms with E-state index in [-0.39, 0.29) is 6.03 Å². The van der Waals surface area contributed by atoms with Gasteiger partial charge < -0.3 is 19.5 Å². The molecule has 0 unspecified atom stereocenters. The predicted molar refractivity (Wildman–Crippen MR) is 110 cm³/mol. The van der Waals surface area contributed by atoms with Crippen LogP contribution in [0.3, 0.4) is 0 Å². The van der Waals surface area contributed by atoms with Gasteiger partial charge in [0.2, 0.25) is 0 Å². The van der Waals surface area contributed by atoms with Gasteiger partial charge in [0, 0.05) is 38.8 Å². The Bertz CT molecular complexity index is 949. The number of carbonyl (C=O) groups is 1. The van der Waals surface area contributed by atoms with Crippen molar-refractivity contribution in [2.75, 3.05) is 31.5 Å². The van der Waals surface area contributed by atoms with Crippen LogP contribution in [0, 0.1) is 6.92 Å². The molecular weight excluding hydrogens is 368 g/mol. The van der Waals surface area contributed by atoms with Gasteiger partial charge in [-0.15, -0.1) is 0 Å². The van der Waals surface area contributed by atoms with Crippen molar-refractivity contribution >= 4 is 11.7 Å². The molecule has 2 amide bonds. The van der Waals surface area contributed by atoms with Gasteiger partial charge in [0.15, 0.2) is 5.75 Å². The van der Waals surface area contributed by atoms with Crippen LogP contribution in [-0.2, 0) is 6.54 Å². The number of carbonyl (C=O) groups excluding carboxylic acids is 1. The van der Waals surface area contributed by atoms with Crippen molar-refractivity contribution in [3.8, 4) is 11.5 Å². The van der Waals surface area contributed by atoms with Crippen LogP contribution in [0.25, 0.3) is 0 Å². The molecule has 7 nitrogen and oxygen atoms in total. The molecule has 0 spiro atoms. The topological polar surface area (TPSA) is 70.8 Å². The number of para-hydroxylation sites is 3. The molecule has 2 aromatic carbocycles. The van der Waals surface area contributed by atoms with Crippen LogP contribution in [0.15, 0.2) is 65.2 Å². The number of amides is 2. The highest BCUT2D eigenvalue weighted by molar-refractivity contribution is 5.91. The molecular formula is C22H24N4O3. The first-order valence-corrected chi connectivity index (χ1v) is 9.70. The monoisotopic (exact) mass is 392 g/mol. The maximum Gasteiger partial charge on any atom is 0.322 e. The van der Waals surface area contributed by atoms with Crippen molar-refractivity contribution < 1.29 is 14.1 Å². The number of nitrogens with one attached hydrogen (secondary N) is 1. The van der Waals surface area contributed by atoms with Gasteiger partial charge in [-0.25, -0.2) is 4.79 Å². The first-order chi connectivity index (χ1) is 14.2. The van der Waals surface area contributed by atoms with Crippen molar-refractivity contribution in [1.82, 2.24) is 15.0 Å². The maximum absolute atomic E-state index is 12.8. The Morgan fingerprint density at radius 1 is 1.07 bits per heavy atom. The highest BCUT2D eigenvalue weighted by Crippen LogP contribution is 2.29. The van der Waals surface area contributed by atoms with Crippen LogP contribution in [0.2, 0.25) is 0 Å². The van der Waals surface area contributed by atoms with Crippen molar-refractivity contribution in [2.45, 2.75) is 13.5 Å². The predicted octanol–water partition coefficient (Wildman–Crippen LogP) is 4.13. The summed E-state index contributed by atoms with van der Waals surface area (Å²) < 4.78 is 11.0. The molecule has 0 atom stereocenters. The second-order valence-electron chi connectivity index (χ2n) is 7.03. The molecule has 1 fully saturated rings. The lowest BCUT2D eigenvalue weighted by Gasteiger charge is -2.34. The zero-order valence-electron chi connectivity index (χ0n) is 16.4. The minimum absolute atomic E-state index is 0.119. The van der Waals surface area contributed by atoms with E-state index in [1.54, 1.807) is 0 Å². The van der Waals surface area contributed by atoms with E-state index in [0.717, 1.165) is 36.8 Å². The smallest absolute Gasteiger partial charge is 0.322 e. The van der Waals surface area contributed by atoms with Gasteiger partial charge in [-0.1, -0.05) is 35.5 Å². The lowest BCUT2D eigenvalue weighted by molar-refractivity contribution is 0.141. The maximum atomic E-state index is 12.8. The lowest BCUT2D eigenvalue weighted by atomic mass is 10.2. The van der Waals surface area contributed by atoms with E-state index in [1.165, 1.54) is 0 Å². The zero-order valence-corrected chi connectivity index (χ0v) is 16.4. The molecule has 1 aliphatic rings. The number of piperazine rings is 1. The Morgan fingerprint density at radius 2 is 1.79 bits per heavy atom. The summed E-state index contributed by atoms with van der Waals surface area (Å²) in [5.41, 5.74) is 1.58. The number of anilines is 1. The Hall–Kier alpha value is -3.32. The number of hydrogen-bond acceptors (Lipinski definition) is 5. The molecule has 0 radical (unpaired) electrons. The van der Waals surface area contributed by atoms with Crippen molar-refractivity contribution in [3.63, 3.8) is 0 Å². The van der Waals surface area contributed by atoms with E-state index in [0.29, 0.717) is 24.5 Å². The number of nitrogens with zero attached hydrogens (tertiary/aromatic N) is 3. The van der Waals surface area contributed by atoms with Gasteiger partial charge in [0.25, 0.3) is 0 Å². The number of aryl methyl sites for hydroxylation is 1. The van der Waals surface area contributed by atoms with Crippen LogP contribution >= 0.6 is 0 Å². The van der Waals surface area contributed by atoms with E-state index in [4.69, 9.17) is 9.26 Å². The van der Waals surface area contributed by atoms with E-state index < -0.39 is 0 Å². The highest BCUT2D eigenvalue weighted by atomic mass is 16.5. The number of urea groups is 1. The third kappa shape index (κ3) is 4.94. The third-order valence-corrected chi connectivity index (χ3v) is 4.82. The van der Waals surface area contributed by atoms with Gasteiger partial charge in [0.1, 0.15) is 11.5 Å². The lowest BCUT2D eigenvalue weighted by Crippen LogP contribution is -2.49. The third-order valence-electron chi connectivity index (χ3n) is 4.82. The molecule has 0 saturated carbocycles. The number of ether oxygens (including phenoxy) is 1. The molecule has 1 aromatic heterocycles. The van der Waals surface area contributed by atoms with Crippen LogP contribution < -0.4 is 10.1 Å². The fraction of sp³-hybridized carbons (Fsp3) is 0.273. The summed E-state index contributed by atoms with van der Waals surface area (Å²) in [5.74, 6) is 2.16. The fourth-order valence-corrected chi connectivity index (χ4v) is 3.30. The Balaban J connectivity index is 1.33. The van der Waals surface area contributed by atoms with Crippen molar-refractivity contribution in [2.24, 2.45) is 0 Å². The summed E-state index contributed by atoms with van der Waals surface area (Å²) in [5, 5.41) is 7.02. The molecule has 150 valence electrons. The first-order valence-electron chi connectivity index (χ1n) is 9.70. The normalized spacial score (nSPS) is 14.6. The second kappa shape index (κ2) is 8.79. The number of aromatic nitrogens is 1. The summed E-state index contributed by atoms with van der Waals surface area (Å²) in [6, 6.07) is 18.8. The van der Waals surface area contributed by atoms with Gasteiger partial charge in [-0.05, 0) is 31.2 Å². The van der Waals surface area contributed by atoms with Gasteiger partial charge in [-0.3, -0.25) is 4.90 Å². The van der Waals surface area contributed by atoms with Crippen LogP contribution in [0.5, 0.6) is 11.5 Å². The molecule has 29 heavy (non-hydrogen) atoms. The molecule has 7 heteroatoms. The minimum atomic E-state index is -0.119. The number of hydrogen-bond donors (Lipinski definition) is 1. The van der Waals surface area contributed by atoms with Gasteiger partial charge >= 0.3 is 6.03 Å². The quantitative estimate of drug-likeness (QED) is 0.707. The summed E-state index contributed by atoms with van der Waals surface area (Å²) in [4.78, 5) is 16.8. The zero-order chi connectivity index (χ0) is 20.1. The van der Waals surface area contributed by atoms with E-state index in [2.05, 4.69) is 15.4 Å². The van der Waals surface area contributed by atoms with E-state index >= 15 is 0 Å². The fourth-order valence-electron chi connectivity index (χ4n) is 3.30.